The van der Waals surface area contributed by atoms with Gasteiger partial charge in [-0.05, 0) is 17.7 Å². The summed E-state index contributed by atoms with van der Waals surface area (Å²) in [6, 6.07) is 1.08. The molecule has 3 nitrogen and oxygen atoms in total. The molecule has 0 amide bonds. The van der Waals surface area contributed by atoms with Gasteiger partial charge in [0.05, 0.1) is 11.3 Å². The highest BCUT2D eigenvalue weighted by molar-refractivity contribution is 7.90. The fraction of sp³-hybridized carbons (Fsp3) is 0.400. The molecule has 1 aromatic rings. The molecule has 1 unspecified atom stereocenters. The van der Waals surface area contributed by atoms with Crippen LogP contribution >= 0.6 is 0 Å². The van der Waals surface area contributed by atoms with E-state index in [2.05, 4.69) is 0 Å². The molecule has 0 aliphatic rings. The standard InChI is InChI=1S/C10H11F4NO2S/c1-18(16,17)5-9(15)6-2-3-8(11)7(4-6)10(12,13)14/h2-4,9H,5,15H2,1H3. The van der Waals surface area contributed by atoms with E-state index in [4.69, 9.17) is 5.73 Å². The number of rotatable bonds is 3. The lowest BCUT2D eigenvalue weighted by atomic mass is 10.0. The zero-order valence-electron chi connectivity index (χ0n) is 9.33. The summed E-state index contributed by atoms with van der Waals surface area (Å²) >= 11 is 0. The maximum atomic E-state index is 13.0. The van der Waals surface area contributed by atoms with Gasteiger partial charge in [-0.2, -0.15) is 13.2 Å². The molecule has 0 saturated carbocycles. The molecule has 0 aromatic heterocycles. The van der Waals surface area contributed by atoms with E-state index >= 15 is 0 Å². The quantitative estimate of drug-likeness (QED) is 0.863. The Balaban J connectivity index is 3.13. The molecule has 0 heterocycles. The number of hydrogen-bond acceptors (Lipinski definition) is 3. The van der Waals surface area contributed by atoms with Crippen LogP contribution in [0.1, 0.15) is 17.2 Å². The average molecular weight is 285 g/mol. The average Bonchev–Trinajstić information content (AvgIpc) is 2.13. The summed E-state index contributed by atoms with van der Waals surface area (Å²) in [4.78, 5) is 0. The van der Waals surface area contributed by atoms with E-state index < -0.39 is 39.2 Å². The minimum Gasteiger partial charge on any atom is -0.323 e. The van der Waals surface area contributed by atoms with Crippen LogP contribution in [0.4, 0.5) is 17.6 Å². The molecule has 0 saturated heterocycles. The highest BCUT2D eigenvalue weighted by Gasteiger charge is 2.34. The molecule has 1 rings (SSSR count). The van der Waals surface area contributed by atoms with Gasteiger partial charge in [0.15, 0.2) is 0 Å². The van der Waals surface area contributed by atoms with Crippen molar-refractivity contribution in [1.29, 1.82) is 0 Å². The number of benzene rings is 1. The first kappa shape index (κ1) is 14.9. The molecule has 1 atom stereocenters. The summed E-state index contributed by atoms with van der Waals surface area (Å²) in [6.45, 7) is 0. The highest BCUT2D eigenvalue weighted by Crippen LogP contribution is 2.32. The van der Waals surface area contributed by atoms with Gasteiger partial charge in [-0.1, -0.05) is 6.07 Å². The summed E-state index contributed by atoms with van der Waals surface area (Å²) < 4.78 is 72.3. The van der Waals surface area contributed by atoms with E-state index in [9.17, 15) is 26.0 Å². The molecule has 0 aliphatic carbocycles. The van der Waals surface area contributed by atoms with E-state index in [1.165, 1.54) is 0 Å². The first-order chi connectivity index (χ1) is 8.00. The van der Waals surface area contributed by atoms with Crippen molar-refractivity contribution < 1.29 is 26.0 Å². The van der Waals surface area contributed by atoms with Crippen LogP contribution in [-0.4, -0.2) is 20.4 Å². The van der Waals surface area contributed by atoms with Crippen LogP contribution in [0, 0.1) is 5.82 Å². The van der Waals surface area contributed by atoms with Crippen LogP contribution in [0.5, 0.6) is 0 Å². The number of halogens is 4. The Morgan fingerprint density at radius 1 is 1.33 bits per heavy atom. The molecule has 0 fully saturated rings. The predicted octanol–water partition coefficient (Wildman–Crippen LogP) is 1.89. The Hall–Kier alpha value is -1.15. The highest BCUT2D eigenvalue weighted by atomic mass is 32.2. The van der Waals surface area contributed by atoms with Crippen molar-refractivity contribution in [3.05, 3.63) is 35.1 Å². The first-order valence-corrected chi connectivity index (χ1v) is 6.86. The van der Waals surface area contributed by atoms with Crippen LogP contribution in [0.3, 0.4) is 0 Å². The lowest BCUT2D eigenvalue weighted by Crippen LogP contribution is -2.21. The third kappa shape index (κ3) is 3.95. The topological polar surface area (TPSA) is 60.2 Å². The van der Waals surface area contributed by atoms with Crippen molar-refractivity contribution in [2.24, 2.45) is 5.73 Å². The lowest BCUT2D eigenvalue weighted by molar-refractivity contribution is -0.140. The summed E-state index contributed by atoms with van der Waals surface area (Å²) in [7, 11) is -3.43. The molecule has 0 radical (unpaired) electrons. The van der Waals surface area contributed by atoms with Gasteiger partial charge >= 0.3 is 6.18 Å². The zero-order chi connectivity index (χ0) is 14.1. The van der Waals surface area contributed by atoms with Crippen molar-refractivity contribution in [2.45, 2.75) is 12.2 Å². The summed E-state index contributed by atoms with van der Waals surface area (Å²) in [5.74, 6) is -1.92. The maximum Gasteiger partial charge on any atom is 0.419 e. The Labute approximate surface area is 102 Å². The van der Waals surface area contributed by atoms with E-state index in [-0.39, 0.29) is 5.56 Å². The van der Waals surface area contributed by atoms with Crippen LogP contribution in [-0.2, 0) is 16.0 Å². The molecule has 8 heteroatoms. The van der Waals surface area contributed by atoms with E-state index in [1.54, 1.807) is 0 Å². The van der Waals surface area contributed by atoms with E-state index in [0.717, 1.165) is 12.3 Å². The minimum atomic E-state index is -4.84. The molecular weight excluding hydrogens is 274 g/mol. The molecule has 102 valence electrons. The van der Waals surface area contributed by atoms with Crippen molar-refractivity contribution in [3.63, 3.8) is 0 Å². The van der Waals surface area contributed by atoms with E-state index in [1.807, 2.05) is 0 Å². The summed E-state index contributed by atoms with van der Waals surface area (Å²) in [5.41, 5.74) is 3.94. The first-order valence-electron chi connectivity index (χ1n) is 4.80. The Kier molecular flexibility index (Phi) is 4.02. The van der Waals surface area contributed by atoms with Crippen LogP contribution in [0.25, 0.3) is 0 Å². The van der Waals surface area contributed by atoms with Crippen LogP contribution in [0.2, 0.25) is 0 Å². The van der Waals surface area contributed by atoms with Gasteiger partial charge in [-0.25, -0.2) is 12.8 Å². The Morgan fingerprint density at radius 2 is 1.89 bits per heavy atom. The second-order valence-corrected chi connectivity index (χ2v) is 6.12. The maximum absolute atomic E-state index is 13.0. The fourth-order valence-electron chi connectivity index (χ4n) is 1.41. The van der Waals surface area contributed by atoms with Gasteiger partial charge in [0.1, 0.15) is 15.7 Å². The molecule has 0 spiro atoms. The van der Waals surface area contributed by atoms with Crippen molar-refractivity contribution in [3.8, 4) is 0 Å². The SMILES string of the molecule is CS(=O)(=O)CC(N)c1ccc(F)c(C(F)(F)F)c1. The van der Waals surface area contributed by atoms with Crippen molar-refractivity contribution in [1.82, 2.24) is 0 Å². The second kappa shape index (κ2) is 4.85. The normalized spacial score (nSPS) is 14.6. The third-order valence-electron chi connectivity index (χ3n) is 2.21. The monoisotopic (exact) mass is 285 g/mol. The fourth-order valence-corrected chi connectivity index (χ4v) is 2.26. The number of alkyl halides is 3. The van der Waals surface area contributed by atoms with Gasteiger partial charge < -0.3 is 5.73 Å². The molecular formula is C10H11F4NO2S. The van der Waals surface area contributed by atoms with Gasteiger partial charge in [0.25, 0.3) is 0 Å². The number of sulfone groups is 1. The Bertz CT molecular complexity index is 539. The minimum absolute atomic E-state index is 0.0749. The molecule has 0 bridgehead atoms. The number of hydrogen-bond donors (Lipinski definition) is 1. The predicted molar refractivity (Wildman–Crippen MR) is 58.0 cm³/mol. The van der Waals surface area contributed by atoms with Crippen LogP contribution < -0.4 is 5.73 Å². The zero-order valence-corrected chi connectivity index (χ0v) is 10.1. The van der Waals surface area contributed by atoms with Gasteiger partial charge in [-0.15, -0.1) is 0 Å². The summed E-state index contributed by atoms with van der Waals surface area (Å²) in [6.07, 6.45) is -3.92. The third-order valence-corrected chi connectivity index (χ3v) is 3.17. The van der Waals surface area contributed by atoms with Gasteiger partial charge in [0.2, 0.25) is 0 Å². The number of nitrogens with two attached hydrogens (primary N) is 1. The molecule has 0 aliphatic heterocycles. The van der Waals surface area contributed by atoms with Crippen molar-refractivity contribution in [2.75, 3.05) is 12.0 Å². The van der Waals surface area contributed by atoms with Gasteiger partial charge in [0, 0.05) is 12.3 Å². The largest absolute Gasteiger partial charge is 0.419 e. The molecule has 1 aromatic carbocycles. The lowest BCUT2D eigenvalue weighted by Gasteiger charge is -2.14. The summed E-state index contributed by atoms with van der Waals surface area (Å²) in [5, 5.41) is 0. The second-order valence-electron chi connectivity index (χ2n) is 3.94. The van der Waals surface area contributed by atoms with Crippen molar-refractivity contribution >= 4 is 9.84 Å². The Morgan fingerprint density at radius 3 is 2.33 bits per heavy atom. The smallest absolute Gasteiger partial charge is 0.323 e. The molecule has 2 N–H and O–H groups in total. The van der Waals surface area contributed by atoms with E-state index in [0.29, 0.717) is 12.1 Å². The van der Waals surface area contributed by atoms with Crippen LogP contribution in [0.15, 0.2) is 18.2 Å². The van der Waals surface area contributed by atoms with Gasteiger partial charge in [-0.3, -0.25) is 0 Å². The molecule has 18 heavy (non-hydrogen) atoms.